The number of amidine groups is 1. The average Bonchev–Trinajstić information content (AvgIpc) is 3.36. The first kappa shape index (κ1) is 19.7. The first-order valence-electron chi connectivity index (χ1n) is 11.1. The highest BCUT2D eigenvalue weighted by Crippen LogP contribution is 2.37. The summed E-state index contributed by atoms with van der Waals surface area (Å²) < 4.78 is 0. The van der Waals surface area contributed by atoms with Crippen molar-refractivity contribution in [2.24, 2.45) is 4.99 Å². The maximum atomic E-state index is 13.2. The molecule has 3 fully saturated rings. The van der Waals surface area contributed by atoms with Gasteiger partial charge in [0.05, 0.1) is 17.9 Å². The first-order chi connectivity index (χ1) is 14.7. The molecular weight excluding hydrogens is 394 g/mol. The van der Waals surface area contributed by atoms with E-state index in [-0.39, 0.29) is 6.03 Å². The molecule has 1 N–H and O–H groups in total. The van der Waals surface area contributed by atoms with Crippen molar-refractivity contribution < 1.29 is 4.79 Å². The fraction of sp³-hybridized carbons (Fsp3) is 0.522. The van der Waals surface area contributed by atoms with Gasteiger partial charge in [-0.2, -0.15) is 11.3 Å². The zero-order chi connectivity index (χ0) is 20.4. The van der Waals surface area contributed by atoms with Crippen molar-refractivity contribution >= 4 is 28.9 Å². The number of piperidine rings is 1. The third-order valence-electron chi connectivity index (χ3n) is 6.62. The number of carbonyl (C=O) groups is 1. The normalized spacial score (nSPS) is 27.1. The number of likely N-dealkylation sites (tertiary alicyclic amines) is 1. The van der Waals surface area contributed by atoms with E-state index in [0.29, 0.717) is 6.04 Å². The first-order valence-corrected chi connectivity index (χ1v) is 12.0. The van der Waals surface area contributed by atoms with Gasteiger partial charge in [0.15, 0.2) is 0 Å². The topological polar surface area (TPSA) is 60.8 Å². The molecule has 3 aliphatic rings. The van der Waals surface area contributed by atoms with Crippen molar-refractivity contribution in [1.29, 1.82) is 0 Å². The van der Waals surface area contributed by atoms with E-state index >= 15 is 0 Å². The highest BCUT2D eigenvalue weighted by atomic mass is 32.1. The molecule has 1 spiro atoms. The van der Waals surface area contributed by atoms with Crippen LogP contribution in [-0.4, -0.2) is 46.4 Å². The third kappa shape index (κ3) is 3.76. The Bertz CT molecular complexity index is 894. The molecule has 2 aliphatic heterocycles. The number of nitrogens with zero attached hydrogens (tertiary/aromatic N) is 4. The molecule has 7 heteroatoms. The van der Waals surface area contributed by atoms with Gasteiger partial charge < -0.3 is 0 Å². The fourth-order valence-corrected chi connectivity index (χ4v) is 5.90. The Morgan fingerprint density at radius 3 is 2.90 bits per heavy atom. The van der Waals surface area contributed by atoms with E-state index in [2.05, 4.69) is 32.0 Å². The highest BCUT2D eigenvalue weighted by molar-refractivity contribution is 7.07. The van der Waals surface area contributed by atoms with Gasteiger partial charge in [-0.3, -0.25) is 25.1 Å². The Balaban J connectivity index is 1.51. The van der Waals surface area contributed by atoms with Crippen LogP contribution >= 0.6 is 11.3 Å². The van der Waals surface area contributed by atoms with Crippen LogP contribution in [0, 0.1) is 0 Å². The minimum Gasteiger partial charge on any atom is -0.296 e. The van der Waals surface area contributed by atoms with Crippen LogP contribution < -0.4 is 10.2 Å². The molecule has 4 heterocycles. The smallest absolute Gasteiger partial charge is 0.296 e. The molecule has 2 aromatic rings. The number of nitrogens with one attached hydrogen (secondary N) is 1. The number of amides is 2. The van der Waals surface area contributed by atoms with E-state index in [1.807, 2.05) is 17.0 Å². The second-order valence-electron chi connectivity index (χ2n) is 8.72. The van der Waals surface area contributed by atoms with Crippen LogP contribution in [0.3, 0.4) is 0 Å². The number of pyridine rings is 1. The minimum absolute atomic E-state index is 0.0741. The number of aromatic nitrogens is 1. The molecule has 0 radical (unpaired) electrons. The van der Waals surface area contributed by atoms with Gasteiger partial charge in [-0.05, 0) is 66.8 Å². The highest BCUT2D eigenvalue weighted by Gasteiger charge is 2.53. The lowest BCUT2D eigenvalue weighted by Gasteiger charge is -2.44. The van der Waals surface area contributed by atoms with Crippen LogP contribution in [0.15, 0.2) is 46.3 Å². The molecule has 1 atom stereocenters. The SMILES string of the molecule is O=C1NC(=NC2CCCCC2)C2(CCCN(Cc3ccsc3)C2)N1c1cccnc1. The van der Waals surface area contributed by atoms with E-state index < -0.39 is 5.54 Å². The van der Waals surface area contributed by atoms with Crippen LogP contribution in [0.4, 0.5) is 10.5 Å². The molecule has 1 aliphatic carbocycles. The number of carbonyl (C=O) groups excluding carboxylic acids is 1. The predicted molar refractivity (Wildman–Crippen MR) is 121 cm³/mol. The number of hydrogen-bond acceptors (Lipinski definition) is 5. The minimum atomic E-state index is -0.439. The van der Waals surface area contributed by atoms with E-state index in [9.17, 15) is 4.79 Å². The van der Waals surface area contributed by atoms with Crippen molar-refractivity contribution in [3.63, 3.8) is 0 Å². The van der Waals surface area contributed by atoms with E-state index in [0.717, 1.165) is 56.8 Å². The number of rotatable bonds is 4. The number of urea groups is 1. The predicted octanol–water partition coefficient (Wildman–Crippen LogP) is 4.44. The molecule has 0 aromatic carbocycles. The Kier molecular flexibility index (Phi) is 5.56. The van der Waals surface area contributed by atoms with Gasteiger partial charge in [0, 0.05) is 19.3 Å². The van der Waals surface area contributed by atoms with E-state index in [1.165, 1.54) is 24.8 Å². The summed E-state index contributed by atoms with van der Waals surface area (Å²) in [7, 11) is 0. The average molecular weight is 424 g/mol. The number of hydrogen-bond donors (Lipinski definition) is 1. The van der Waals surface area contributed by atoms with Crippen molar-refractivity contribution in [2.45, 2.75) is 63.1 Å². The summed E-state index contributed by atoms with van der Waals surface area (Å²) in [5.74, 6) is 0.873. The third-order valence-corrected chi connectivity index (χ3v) is 7.36. The summed E-state index contributed by atoms with van der Waals surface area (Å²) >= 11 is 1.74. The number of anilines is 1. The molecule has 2 saturated heterocycles. The van der Waals surface area contributed by atoms with Gasteiger partial charge in [0.2, 0.25) is 0 Å². The molecule has 158 valence electrons. The standard InChI is InChI=1S/C23H29N5OS/c29-22-26-21(25-19-6-2-1-3-7-19)23(28(22)20-8-4-11-24-14-20)10-5-12-27(17-23)15-18-9-13-30-16-18/h4,8-9,11,13-14,16,19H,1-3,5-7,10,12,15,17H2,(H,25,26,29). The van der Waals surface area contributed by atoms with Gasteiger partial charge in [-0.1, -0.05) is 19.3 Å². The fourth-order valence-electron chi connectivity index (χ4n) is 5.24. The van der Waals surface area contributed by atoms with Gasteiger partial charge in [-0.15, -0.1) is 0 Å². The molecule has 0 bridgehead atoms. The van der Waals surface area contributed by atoms with Crippen molar-refractivity contribution in [3.8, 4) is 0 Å². The lowest BCUT2D eigenvalue weighted by Crippen LogP contribution is -2.60. The lowest BCUT2D eigenvalue weighted by molar-refractivity contribution is 0.176. The summed E-state index contributed by atoms with van der Waals surface area (Å²) in [4.78, 5) is 27.1. The van der Waals surface area contributed by atoms with Crippen LogP contribution in [0.2, 0.25) is 0 Å². The monoisotopic (exact) mass is 423 g/mol. The zero-order valence-electron chi connectivity index (χ0n) is 17.3. The molecule has 1 unspecified atom stereocenters. The van der Waals surface area contributed by atoms with Gasteiger partial charge in [-0.25, -0.2) is 4.79 Å². The number of aliphatic imine (C=N–C) groups is 1. The second-order valence-corrected chi connectivity index (χ2v) is 9.50. The largest absolute Gasteiger partial charge is 0.328 e. The number of thiophene rings is 1. The Labute approximate surface area is 182 Å². The van der Waals surface area contributed by atoms with Crippen molar-refractivity contribution in [1.82, 2.24) is 15.2 Å². The molecule has 2 amide bonds. The van der Waals surface area contributed by atoms with Crippen LogP contribution in [0.1, 0.15) is 50.5 Å². The molecule has 5 rings (SSSR count). The Morgan fingerprint density at radius 1 is 1.23 bits per heavy atom. The molecule has 2 aromatic heterocycles. The molecule has 6 nitrogen and oxygen atoms in total. The summed E-state index contributed by atoms with van der Waals surface area (Å²) in [6.45, 7) is 2.75. The Hall–Kier alpha value is -2.25. The quantitative estimate of drug-likeness (QED) is 0.791. The summed E-state index contributed by atoms with van der Waals surface area (Å²) in [5.41, 5.74) is 1.75. The van der Waals surface area contributed by atoms with E-state index in [1.54, 1.807) is 23.7 Å². The Morgan fingerprint density at radius 2 is 2.13 bits per heavy atom. The molecule has 1 saturated carbocycles. The van der Waals surface area contributed by atoms with Crippen LogP contribution in [0.25, 0.3) is 0 Å². The van der Waals surface area contributed by atoms with Crippen LogP contribution in [0.5, 0.6) is 0 Å². The summed E-state index contributed by atoms with van der Waals surface area (Å²) in [6.07, 6.45) is 11.5. The maximum Gasteiger partial charge on any atom is 0.328 e. The molecular formula is C23H29N5OS. The second kappa shape index (κ2) is 8.47. The van der Waals surface area contributed by atoms with Crippen molar-refractivity contribution in [3.05, 3.63) is 46.9 Å². The summed E-state index contributed by atoms with van der Waals surface area (Å²) in [5, 5.41) is 7.52. The van der Waals surface area contributed by atoms with Crippen molar-refractivity contribution in [2.75, 3.05) is 18.0 Å². The van der Waals surface area contributed by atoms with Gasteiger partial charge in [0.25, 0.3) is 0 Å². The zero-order valence-corrected chi connectivity index (χ0v) is 18.1. The van der Waals surface area contributed by atoms with Gasteiger partial charge in [0.1, 0.15) is 11.4 Å². The maximum absolute atomic E-state index is 13.2. The summed E-state index contributed by atoms with van der Waals surface area (Å²) in [6, 6.07) is 6.33. The molecule has 30 heavy (non-hydrogen) atoms. The lowest BCUT2D eigenvalue weighted by atomic mass is 9.86. The van der Waals surface area contributed by atoms with Gasteiger partial charge >= 0.3 is 6.03 Å². The van der Waals surface area contributed by atoms with E-state index in [4.69, 9.17) is 4.99 Å². The van der Waals surface area contributed by atoms with Crippen LogP contribution in [-0.2, 0) is 6.54 Å².